The Balaban J connectivity index is 4.79. The maximum Gasteiger partial charge on any atom is 0.306 e. The van der Waals surface area contributed by atoms with Crippen molar-refractivity contribution in [1.82, 2.24) is 9.80 Å². The van der Waals surface area contributed by atoms with Gasteiger partial charge in [-0.05, 0) is 236 Å². The minimum Gasteiger partial charge on any atom is -0.466 e. The third-order valence-corrected chi connectivity index (χ3v) is 22.2. The Hall–Kier alpha value is -3.52. The van der Waals surface area contributed by atoms with Gasteiger partial charge in [-0.2, -0.15) is 0 Å². The molecule has 624 valence electrons. The van der Waals surface area contributed by atoms with Gasteiger partial charge in [-0.3, -0.25) is 28.8 Å². The van der Waals surface area contributed by atoms with Crippen molar-refractivity contribution >= 4 is 35.8 Å². The fourth-order valence-electron chi connectivity index (χ4n) is 14.6. The van der Waals surface area contributed by atoms with Crippen molar-refractivity contribution in [2.45, 2.75) is 422 Å². The van der Waals surface area contributed by atoms with E-state index in [0.29, 0.717) is 118 Å². The van der Waals surface area contributed by atoms with Crippen LogP contribution in [-0.2, 0) is 57.2 Å². The first-order chi connectivity index (χ1) is 50.9. The molecular weight excluding hydrogens is 1330 g/mol. The van der Waals surface area contributed by atoms with Gasteiger partial charge in [0.25, 0.3) is 0 Å². The fourth-order valence-corrected chi connectivity index (χ4v) is 14.6. The molecule has 0 radical (unpaired) electrons. The van der Waals surface area contributed by atoms with Crippen LogP contribution in [0.1, 0.15) is 410 Å². The first-order valence-corrected chi connectivity index (χ1v) is 44.9. The maximum absolute atomic E-state index is 13.0. The van der Waals surface area contributed by atoms with Crippen LogP contribution in [0.3, 0.4) is 0 Å². The summed E-state index contributed by atoms with van der Waals surface area (Å²) in [5, 5.41) is 0. The van der Waals surface area contributed by atoms with Crippen LogP contribution in [0.4, 0.5) is 0 Å². The van der Waals surface area contributed by atoms with Crippen LogP contribution in [0, 0.1) is 53.3 Å². The Kier molecular flexibility index (Phi) is 69.4. The molecule has 0 aliphatic heterocycles. The summed E-state index contributed by atoms with van der Waals surface area (Å²) >= 11 is 0. The summed E-state index contributed by atoms with van der Waals surface area (Å²) < 4.78 is 35.0. The van der Waals surface area contributed by atoms with Crippen molar-refractivity contribution in [1.29, 1.82) is 0 Å². The Bertz CT molecular complexity index is 2090. The fraction of sp³-hybridized carbons (Fsp3) is 0.913. The molecule has 0 amide bonds. The monoisotopic (exact) mass is 1500 g/mol. The van der Waals surface area contributed by atoms with Crippen LogP contribution in [0.25, 0.3) is 0 Å². The second-order valence-corrected chi connectivity index (χ2v) is 34.7. The summed E-state index contributed by atoms with van der Waals surface area (Å²) in [4.78, 5) is 80.6. The number of carbonyl (C=O) groups excluding carboxylic acids is 6. The van der Waals surface area contributed by atoms with Crippen molar-refractivity contribution in [3.05, 3.63) is 12.2 Å². The maximum atomic E-state index is 13.0. The number of rotatable bonds is 77. The van der Waals surface area contributed by atoms with Crippen molar-refractivity contribution in [3.8, 4) is 0 Å². The van der Waals surface area contributed by atoms with Gasteiger partial charge >= 0.3 is 35.8 Å². The van der Waals surface area contributed by atoms with Gasteiger partial charge in [-0.15, -0.1) is 0 Å². The molecule has 0 aliphatic rings. The van der Waals surface area contributed by atoms with Gasteiger partial charge in [0, 0.05) is 38.5 Å². The van der Waals surface area contributed by atoms with Crippen LogP contribution in [0.2, 0.25) is 0 Å². The molecule has 0 aromatic carbocycles. The molecule has 0 fully saturated rings. The zero-order valence-electron chi connectivity index (χ0n) is 72.3. The SMILES string of the molecule is CCCCCC/C=C\COC(=O)CCCCCCCCCC(CCCCCCCCCC(=O)OCCC(CCC(C)C)C(C)CCC(C)C(CCOC(=O)CCCCCCCC(CCCCCCCC(=O)OCCC(CCC(C)C)C(C)C)OC(=O)CCCN(C)C)CCC(C)C)OC(=O)CCCN(C)C. The highest BCUT2D eigenvalue weighted by Gasteiger charge is 2.25. The first-order valence-electron chi connectivity index (χ1n) is 44.9. The Morgan fingerprint density at radius 3 is 0.896 bits per heavy atom. The molecule has 0 aromatic heterocycles. The molecular formula is C92H174N2O12. The smallest absolute Gasteiger partial charge is 0.306 e. The zero-order chi connectivity index (χ0) is 78.6. The number of hydrogen-bond donors (Lipinski definition) is 0. The van der Waals surface area contributed by atoms with Crippen molar-refractivity contribution in [2.24, 2.45) is 53.3 Å². The first kappa shape index (κ1) is 102. The van der Waals surface area contributed by atoms with E-state index >= 15 is 0 Å². The number of unbranched alkanes of at least 4 members (excludes halogenated alkanes) is 24. The molecule has 7 unspecified atom stereocenters. The van der Waals surface area contributed by atoms with Gasteiger partial charge in [0.2, 0.25) is 0 Å². The molecule has 7 atom stereocenters. The normalized spacial score (nSPS) is 14.0. The van der Waals surface area contributed by atoms with Crippen LogP contribution < -0.4 is 0 Å². The van der Waals surface area contributed by atoms with Gasteiger partial charge in [0.1, 0.15) is 18.8 Å². The Labute approximate surface area is 654 Å². The van der Waals surface area contributed by atoms with Gasteiger partial charge in [-0.1, -0.05) is 242 Å². The number of ether oxygens (including phenoxy) is 6. The van der Waals surface area contributed by atoms with Crippen molar-refractivity contribution in [3.63, 3.8) is 0 Å². The molecule has 0 bridgehead atoms. The lowest BCUT2D eigenvalue weighted by Gasteiger charge is -2.29. The number of carbonyl (C=O) groups is 6. The van der Waals surface area contributed by atoms with Gasteiger partial charge in [-0.25, -0.2) is 0 Å². The van der Waals surface area contributed by atoms with E-state index in [9.17, 15) is 28.8 Å². The molecule has 0 saturated carbocycles. The molecule has 0 N–H and O–H groups in total. The summed E-state index contributed by atoms with van der Waals surface area (Å²) in [6.07, 6.45) is 55.3. The minimum absolute atomic E-state index is 0.0115. The van der Waals surface area contributed by atoms with Crippen LogP contribution in [0.5, 0.6) is 0 Å². The average Bonchev–Trinajstić information content (AvgIpc) is 0.907. The predicted octanol–water partition coefficient (Wildman–Crippen LogP) is 24.7. The molecule has 14 nitrogen and oxygen atoms in total. The highest BCUT2D eigenvalue weighted by molar-refractivity contribution is 5.71. The second-order valence-electron chi connectivity index (χ2n) is 34.7. The lowest BCUT2D eigenvalue weighted by molar-refractivity contribution is -0.151. The van der Waals surface area contributed by atoms with E-state index in [1.54, 1.807) is 0 Å². The van der Waals surface area contributed by atoms with Gasteiger partial charge in [0.15, 0.2) is 0 Å². The largest absolute Gasteiger partial charge is 0.466 e. The highest BCUT2D eigenvalue weighted by atomic mass is 16.6. The second kappa shape index (κ2) is 71.8. The standard InChI is InChI=1S/C92H174N2O12/c1-16-17-18-19-26-37-46-72-101-87(95)53-42-33-24-20-22-29-38-49-85(105-91(99)57-47-70-93(12)13)50-39-30-23-21-25-34-43-54-89(97)103-74-68-83(65-60-77(4)5)80(10)62-63-81(11)84(66-61-78(6)7)69-75-104-90(98)56-45-36-28-32-41-52-86(106-92(100)58-48-71-94(14)15)51-40-31-27-35-44-55-88(96)102-73-67-82(79(8)9)64-59-76(2)3/h37,46,76-86H,16-36,38-45,47-75H2,1-15H3/b46-37-. The van der Waals surface area contributed by atoms with Gasteiger partial charge in [0.05, 0.1) is 19.8 Å². The third-order valence-electron chi connectivity index (χ3n) is 22.2. The number of allylic oxidation sites excluding steroid dienone is 1. The molecule has 106 heavy (non-hydrogen) atoms. The zero-order valence-corrected chi connectivity index (χ0v) is 72.3. The van der Waals surface area contributed by atoms with E-state index < -0.39 is 0 Å². The summed E-state index contributed by atoms with van der Waals surface area (Å²) in [6, 6.07) is 0. The van der Waals surface area contributed by atoms with Crippen molar-refractivity contribution in [2.75, 3.05) is 67.7 Å². The highest BCUT2D eigenvalue weighted by Crippen LogP contribution is 2.34. The average molecular weight is 1500 g/mol. The minimum atomic E-state index is -0.0944. The summed E-state index contributed by atoms with van der Waals surface area (Å²) in [6.45, 7) is 29.0. The molecule has 0 rings (SSSR count). The van der Waals surface area contributed by atoms with Crippen LogP contribution in [0.15, 0.2) is 12.2 Å². The Morgan fingerprint density at radius 1 is 0.283 bits per heavy atom. The molecule has 14 heteroatoms. The molecule has 0 aromatic rings. The predicted molar refractivity (Wildman–Crippen MR) is 444 cm³/mol. The number of esters is 6. The molecule has 0 spiro atoms. The number of hydrogen-bond acceptors (Lipinski definition) is 14. The number of nitrogens with zero attached hydrogens (tertiary/aromatic N) is 2. The third kappa shape index (κ3) is 68.5. The van der Waals surface area contributed by atoms with Gasteiger partial charge < -0.3 is 38.2 Å². The molecule has 0 saturated heterocycles. The quantitative estimate of drug-likeness (QED) is 0.0244. The van der Waals surface area contributed by atoms with E-state index in [2.05, 4.69) is 92.0 Å². The Morgan fingerprint density at radius 2 is 0.575 bits per heavy atom. The van der Waals surface area contributed by atoms with E-state index in [1.165, 1.54) is 57.8 Å². The lowest BCUT2D eigenvalue weighted by atomic mass is 9.78. The van der Waals surface area contributed by atoms with Crippen LogP contribution >= 0.6 is 0 Å². The summed E-state index contributed by atoms with van der Waals surface area (Å²) in [5.74, 6) is 4.76. The summed E-state index contributed by atoms with van der Waals surface area (Å²) in [5.41, 5.74) is 0. The van der Waals surface area contributed by atoms with Crippen molar-refractivity contribution < 1.29 is 57.2 Å². The van der Waals surface area contributed by atoms with Crippen LogP contribution in [-0.4, -0.2) is 126 Å². The molecule has 0 heterocycles. The van der Waals surface area contributed by atoms with E-state index in [-0.39, 0.29) is 48.0 Å². The van der Waals surface area contributed by atoms with E-state index in [0.717, 1.165) is 251 Å². The summed E-state index contributed by atoms with van der Waals surface area (Å²) in [7, 11) is 8.12. The molecule has 0 aliphatic carbocycles. The van der Waals surface area contributed by atoms with E-state index in [1.807, 2.05) is 34.3 Å². The lowest BCUT2D eigenvalue weighted by Crippen LogP contribution is -2.20. The topological polar surface area (TPSA) is 164 Å². The van der Waals surface area contributed by atoms with E-state index in [4.69, 9.17) is 28.4 Å².